The lowest BCUT2D eigenvalue weighted by Gasteiger charge is -2.03. The molecule has 1 aromatic heterocycles. The Bertz CT molecular complexity index is 962. The van der Waals surface area contributed by atoms with Crippen molar-refractivity contribution in [1.29, 1.82) is 0 Å². The van der Waals surface area contributed by atoms with Crippen molar-refractivity contribution in [1.82, 2.24) is 9.78 Å². The van der Waals surface area contributed by atoms with E-state index in [1.165, 1.54) is 24.4 Å². The second-order valence-corrected chi connectivity index (χ2v) is 5.53. The number of phenolic OH excluding ortho intramolecular Hbond substituents is 1. The van der Waals surface area contributed by atoms with Crippen LogP contribution in [0.1, 0.15) is 17.0 Å². The molecule has 0 unspecified atom stereocenters. The molecule has 0 radical (unpaired) electrons. The van der Waals surface area contributed by atoms with Crippen LogP contribution in [0.15, 0.2) is 53.5 Å². The molecule has 7 heteroatoms. The van der Waals surface area contributed by atoms with Crippen molar-refractivity contribution in [3.63, 3.8) is 0 Å². The predicted octanol–water partition coefficient (Wildman–Crippen LogP) is 3.85. The topological polar surface area (TPSA) is 93.5 Å². The van der Waals surface area contributed by atoms with Gasteiger partial charge in [0.1, 0.15) is 11.4 Å². The molecule has 0 bridgehead atoms. The number of non-ortho nitro benzene ring substituents is 1. The van der Waals surface area contributed by atoms with Gasteiger partial charge in [-0.05, 0) is 32.0 Å². The number of hydrogen-bond acceptors (Lipinski definition) is 5. The highest BCUT2D eigenvalue weighted by Crippen LogP contribution is 2.27. The number of aromatic hydroxyl groups is 1. The van der Waals surface area contributed by atoms with E-state index in [-0.39, 0.29) is 17.0 Å². The molecule has 7 nitrogen and oxygen atoms in total. The average Bonchev–Trinajstić information content (AvgIpc) is 2.89. The SMILES string of the molecule is Cc1nn(-c2ccccc2)c(C)c1N=Cc1cc([N+](=O)[O-])ccc1O. The maximum atomic E-state index is 10.9. The molecule has 25 heavy (non-hydrogen) atoms. The Kier molecular flexibility index (Phi) is 4.30. The zero-order valence-electron chi connectivity index (χ0n) is 13.7. The lowest BCUT2D eigenvalue weighted by atomic mass is 10.2. The van der Waals surface area contributed by atoms with Crippen LogP contribution >= 0.6 is 0 Å². The fourth-order valence-corrected chi connectivity index (χ4v) is 2.53. The molecule has 3 aromatic rings. The van der Waals surface area contributed by atoms with Crippen molar-refractivity contribution in [2.24, 2.45) is 4.99 Å². The molecule has 0 aliphatic heterocycles. The Balaban J connectivity index is 1.99. The van der Waals surface area contributed by atoms with Crippen LogP contribution in [0, 0.1) is 24.0 Å². The van der Waals surface area contributed by atoms with E-state index in [1.807, 2.05) is 44.2 Å². The number of aryl methyl sites for hydroxylation is 1. The van der Waals surface area contributed by atoms with E-state index in [4.69, 9.17) is 0 Å². The van der Waals surface area contributed by atoms with Crippen LogP contribution in [0.4, 0.5) is 11.4 Å². The summed E-state index contributed by atoms with van der Waals surface area (Å²) >= 11 is 0. The van der Waals surface area contributed by atoms with E-state index in [0.29, 0.717) is 5.69 Å². The highest BCUT2D eigenvalue weighted by atomic mass is 16.6. The van der Waals surface area contributed by atoms with Crippen LogP contribution in [0.2, 0.25) is 0 Å². The molecule has 2 aromatic carbocycles. The first-order chi connectivity index (χ1) is 12.0. The Labute approximate surface area is 144 Å². The van der Waals surface area contributed by atoms with Crippen molar-refractivity contribution in [3.05, 3.63) is 75.6 Å². The third kappa shape index (κ3) is 3.25. The zero-order chi connectivity index (χ0) is 18.0. The second kappa shape index (κ2) is 6.56. The Morgan fingerprint density at radius 1 is 1.20 bits per heavy atom. The first kappa shape index (κ1) is 16.4. The first-order valence-corrected chi connectivity index (χ1v) is 7.60. The van der Waals surface area contributed by atoms with Crippen LogP contribution in [0.25, 0.3) is 5.69 Å². The standard InChI is InChI=1S/C18H16N4O3/c1-12-18(13(2)21(20-12)15-6-4-3-5-7-15)19-11-14-10-16(22(24)25)8-9-17(14)23/h3-11,23H,1-2H3. The lowest BCUT2D eigenvalue weighted by molar-refractivity contribution is -0.384. The number of aliphatic imine (C=N–C) groups is 1. The van der Waals surface area contributed by atoms with E-state index in [1.54, 1.807) is 4.68 Å². The van der Waals surface area contributed by atoms with Gasteiger partial charge in [0.2, 0.25) is 0 Å². The highest BCUT2D eigenvalue weighted by molar-refractivity contribution is 5.86. The maximum Gasteiger partial charge on any atom is 0.270 e. The second-order valence-electron chi connectivity index (χ2n) is 5.53. The van der Waals surface area contributed by atoms with Gasteiger partial charge in [-0.3, -0.25) is 15.1 Å². The number of rotatable bonds is 4. The summed E-state index contributed by atoms with van der Waals surface area (Å²) in [7, 11) is 0. The van der Waals surface area contributed by atoms with Gasteiger partial charge in [0.05, 0.1) is 22.0 Å². The minimum Gasteiger partial charge on any atom is -0.507 e. The van der Waals surface area contributed by atoms with Gasteiger partial charge < -0.3 is 5.11 Å². The number of phenols is 1. The summed E-state index contributed by atoms with van der Waals surface area (Å²) in [5.74, 6) is -0.0693. The van der Waals surface area contributed by atoms with Gasteiger partial charge in [-0.2, -0.15) is 5.10 Å². The van der Waals surface area contributed by atoms with Crippen molar-refractivity contribution in [2.45, 2.75) is 13.8 Å². The van der Waals surface area contributed by atoms with E-state index >= 15 is 0 Å². The Morgan fingerprint density at radius 3 is 2.60 bits per heavy atom. The quantitative estimate of drug-likeness (QED) is 0.445. The molecule has 3 rings (SSSR count). The number of hydrogen-bond donors (Lipinski definition) is 1. The van der Waals surface area contributed by atoms with E-state index in [0.717, 1.165) is 17.1 Å². The van der Waals surface area contributed by atoms with Gasteiger partial charge in [0.15, 0.2) is 0 Å². The molecule has 0 amide bonds. The first-order valence-electron chi connectivity index (χ1n) is 7.60. The molecular weight excluding hydrogens is 320 g/mol. The van der Waals surface area contributed by atoms with E-state index in [9.17, 15) is 15.2 Å². The molecule has 0 aliphatic carbocycles. The molecule has 126 valence electrons. The summed E-state index contributed by atoms with van der Waals surface area (Å²) in [5.41, 5.74) is 3.32. The molecule has 0 fully saturated rings. The fourth-order valence-electron chi connectivity index (χ4n) is 2.53. The Morgan fingerprint density at radius 2 is 1.92 bits per heavy atom. The number of nitro groups is 1. The van der Waals surface area contributed by atoms with Crippen LogP contribution in [-0.4, -0.2) is 26.0 Å². The van der Waals surface area contributed by atoms with Crippen molar-refractivity contribution >= 4 is 17.6 Å². The van der Waals surface area contributed by atoms with E-state index in [2.05, 4.69) is 10.1 Å². The fraction of sp³-hybridized carbons (Fsp3) is 0.111. The minimum atomic E-state index is -0.513. The van der Waals surface area contributed by atoms with Crippen molar-refractivity contribution in [3.8, 4) is 11.4 Å². The molecule has 0 saturated heterocycles. The monoisotopic (exact) mass is 336 g/mol. The van der Waals surface area contributed by atoms with Crippen LogP contribution in [0.5, 0.6) is 5.75 Å². The van der Waals surface area contributed by atoms with E-state index < -0.39 is 4.92 Å². The number of nitro benzene ring substituents is 1. The Hall–Kier alpha value is -3.48. The highest BCUT2D eigenvalue weighted by Gasteiger charge is 2.13. The van der Waals surface area contributed by atoms with Gasteiger partial charge in [-0.25, -0.2) is 4.68 Å². The average molecular weight is 336 g/mol. The molecular formula is C18H16N4O3. The van der Waals surface area contributed by atoms with Gasteiger partial charge in [0.25, 0.3) is 5.69 Å². The van der Waals surface area contributed by atoms with Crippen molar-refractivity contribution < 1.29 is 10.0 Å². The van der Waals surface area contributed by atoms with Gasteiger partial charge in [0, 0.05) is 23.9 Å². The summed E-state index contributed by atoms with van der Waals surface area (Å²) in [6.45, 7) is 3.74. The summed E-state index contributed by atoms with van der Waals surface area (Å²) in [5, 5.41) is 25.2. The minimum absolute atomic E-state index is 0.0693. The number of benzene rings is 2. The molecule has 1 heterocycles. The van der Waals surface area contributed by atoms with Gasteiger partial charge in [-0.15, -0.1) is 0 Å². The number of para-hydroxylation sites is 1. The molecule has 0 spiro atoms. The van der Waals surface area contributed by atoms with Crippen LogP contribution in [-0.2, 0) is 0 Å². The predicted molar refractivity (Wildman–Crippen MR) is 95.1 cm³/mol. The summed E-state index contributed by atoms with van der Waals surface area (Å²) in [4.78, 5) is 14.8. The lowest BCUT2D eigenvalue weighted by Crippen LogP contribution is -1.98. The van der Waals surface area contributed by atoms with Gasteiger partial charge >= 0.3 is 0 Å². The summed E-state index contributed by atoms with van der Waals surface area (Å²) in [6, 6.07) is 13.5. The summed E-state index contributed by atoms with van der Waals surface area (Å²) < 4.78 is 1.79. The molecule has 0 atom stereocenters. The van der Waals surface area contributed by atoms with Gasteiger partial charge in [-0.1, -0.05) is 18.2 Å². The van der Waals surface area contributed by atoms with Crippen LogP contribution < -0.4 is 0 Å². The normalized spacial score (nSPS) is 11.1. The smallest absolute Gasteiger partial charge is 0.270 e. The largest absolute Gasteiger partial charge is 0.507 e. The van der Waals surface area contributed by atoms with Crippen molar-refractivity contribution in [2.75, 3.05) is 0 Å². The number of nitrogens with zero attached hydrogens (tertiary/aromatic N) is 4. The molecule has 0 saturated carbocycles. The number of aromatic nitrogens is 2. The third-order valence-electron chi connectivity index (χ3n) is 3.81. The third-order valence-corrected chi connectivity index (χ3v) is 3.81. The zero-order valence-corrected chi connectivity index (χ0v) is 13.7. The summed E-state index contributed by atoms with van der Waals surface area (Å²) in [6.07, 6.45) is 1.41. The van der Waals surface area contributed by atoms with Crippen LogP contribution in [0.3, 0.4) is 0 Å². The molecule has 0 aliphatic rings. The molecule has 1 N–H and O–H groups in total. The maximum absolute atomic E-state index is 10.9.